The van der Waals surface area contributed by atoms with Crippen LogP contribution in [-0.4, -0.2) is 29.0 Å². The third-order valence-corrected chi connectivity index (χ3v) is 2.75. The van der Waals surface area contributed by atoms with Gasteiger partial charge in [0.05, 0.1) is 6.54 Å². The number of halogens is 1. The minimum atomic E-state index is -0.405. The number of benzene rings is 1. The van der Waals surface area contributed by atoms with Crippen molar-refractivity contribution >= 4 is 5.91 Å². The van der Waals surface area contributed by atoms with Crippen LogP contribution in [-0.2, 0) is 6.54 Å². The first-order valence-corrected chi connectivity index (χ1v) is 6.48. The van der Waals surface area contributed by atoms with Crippen molar-refractivity contribution in [3.05, 3.63) is 53.9 Å². The van der Waals surface area contributed by atoms with E-state index >= 15 is 0 Å². The van der Waals surface area contributed by atoms with Crippen LogP contribution < -0.4 is 10.6 Å². The van der Waals surface area contributed by atoms with Crippen LogP contribution in [0.2, 0.25) is 0 Å². The summed E-state index contributed by atoms with van der Waals surface area (Å²) in [5.41, 5.74) is 0.341. The van der Waals surface area contributed by atoms with E-state index in [1.165, 1.54) is 18.2 Å². The Kier molecular flexibility index (Phi) is 5.25. The molecule has 1 aromatic carbocycles. The second kappa shape index (κ2) is 7.40. The van der Waals surface area contributed by atoms with E-state index in [9.17, 15) is 9.18 Å². The van der Waals surface area contributed by atoms with Crippen LogP contribution in [0.4, 0.5) is 4.39 Å². The van der Waals surface area contributed by atoms with Crippen molar-refractivity contribution in [2.24, 2.45) is 0 Å². The number of amides is 1. The first kappa shape index (κ1) is 14.2. The number of rotatable bonds is 7. The summed E-state index contributed by atoms with van der Waals surface area (Å²) in [6.45, 7) is 1.98. The number of H-pyrrole nitrogens is 1. The summed E-state index contributed by atoms with van der Waals surface area (Å²) in [6, 6.07) is 5.66. The third kappa shape index (κ3) is 4.47. The van der Waals surface area contributed by atoms with Crippen LogP contribution in [0, 0.1) is 5.82 Å². The van der Waals surface area contributed by atoms with Crippen molar-refractivity contribution in [1.29, 1.82) is 0 Å². The van der Waals surface area contributed by atoms with Crippen molar-refractivity contribution in [2.45, 2.75) is 13.0 Å². The molecular weight excluding hydrogens is 259 g/mol. The Labute approximate surface area is 116 Å². The Hall–Kier alpha value is -2.21. The molecule has 20 heavy (non-hydrogen) atoms. The molecule has 1 heterocycles. The van der Waals surface area contributed by atoms with Gasteiger partial charge < -0.3 is 15.6 Å². The molecule has 0 aliphatic rings. The molecule has 0 spiro atoms. The zero-order valence-electron chi connectivity index (χ0n) is 11.0. The van der Waals surface area contributed by atoms with Gasteiger partial charge in [-0.1, -0.05) is 6.07 Å². The number of nitrogens with one attached hydrogen (secondary N) is 3. The van der Waals surface area contributed by atoms with E-state index in [0.717, 1.165) is 18.8 Å². The fourth-order valence-electron chi connectivity index (χ4n) is 1.75. The minimum absolute atomic E-state index is 0.254. The molecule has 3 N–H and O–H groups in total. The molecule has 6 heteroatoms. The van der Waals surface area contributed by atoms with Gasteiger partial charge in [-0.05, 0) is 31.2 Å². The lowest BCUT2D eigenvalue weighted by molar-refractivity contribution is 0.0952. The number of imidazole rings is 1. The fourth-order valence-corrected chi connectivity index (χ4v) is 1.75. The number of hydrogen-bond acceptors (Lipinski definition) is 3. The van der Waals surface area contributed by atoms with Gasteiger partial charge in [0.15, 0.2) is 0 Å². The molecule has 0 aliphatic carbocycles. The Morgan fingerprint density at radius 2 is 2.25 bits per heavy atom. The molecule has 2 aromatic rings. The summed E-state index contributed by atoms with van der Waals surface area (Å²) >= 11 is 0. The molecule has 0 aliphatic heterocycles. The largest absolute Gasteiger partial charge is 0.352 e. The average molecular weight is 276 g/mol. The number of carbonyl (C=O) groups excluding carboxylic acids is 1. The maximum atomic E-state index is 13.0. The van der Waals surface area contributed by atoms with Gasteiger partial charge in [0.1, 0.15) is 11.6 Å². The molecule has 0 bridgehead atoms. The average Bonchev–Trinajstić information content (AvgIpc) is 2.95. The maximum Gasteiger partial charge on any atom is 0.251 e. The molecule has 1 aromatic heterocycles. The molecular formula is C14H17FN4O. The van der Waals surface area contributed by atoms with E-state index in [1.807, 2.05) is 0 Å². The van der Waals surface area contributed by atoms with Gasteiger partial charge in [0.25, 0.3) is 5.91 Å². The Morgan fingerprint density at radius 3 is 3.00 bits per heavy atom. The zero-order valence-corrected chi connectivity index (χ0v) is 11.0. The van der Waals surface area contributed by atoms with Gasteiger partial charge in [-0.15, -0.1) is 0 Å². The number of nitrogens with zero attached hydrogens (tertiary/aromatic N) is 1. The zero-order chi connectivity index (χ0) is 14.2. The lowest BCUT2D eigenvalue weighted by Gasteiger charge is -2.06. The van der Waals surface area contributed by atoms with Gasteiger partial charge in [0.2, 0.25) is 0 Å². The normalized spacial score (nSPS) is 10.4. The smallest absolute Gasteiger partial charge is 0.251 e. The molecule has 1 amide bonds. The Morgan fingerprint density at radius 1 is 1.35 bits per heavy atom. The fraction of sp³-hybridized carbons (Fsp3) is 0.286. The van der Waals surface area contributed by atoms with E-state index in [0.29, 0.717) is 18.7 Å². The number of carbonyl (C=O) groups is 1. The van der Waals surface area contributed by atoms with Gasteiger partial charge in [-0.2, -0.15) is 0 Å². The second-order valence-electron chi connectivity index (χ2n) is 4.33. The highest BCUT2D eigenvalue weighted by Gasteiger charge is 2.05. The maximum absolute atomic E-state index is 13.0. The highest BCUT2D eigenvalue weighted by Crippen LogP contribution is 2.02. The van der Waals surface area contributed by atoms with Gasteiger partial charge >= 0.3 is 0 Å². The van der Waals surface area contributed by atoms with Gasteiger partial charge in [-0.3, -0.25) is 4.79 Å². The predicted molar refractivity (Wildman–Crippen MR) is 73.6 cm³/mol. The molecule has 0 atom stereocenters. The van der Waals surface area contributed by atoms with Gasteiger partial charge in [0, 0.05) is 24.5 Å². The van der Waals surface area contributed by atoms with Crippen LogP contribution in [0.15, 0.2) is 36.7 Å². The molecule has 0 saturated heterocycles. The summed E-state index contributed by atoms with van der Waals surface area (Å²) in [7, 11) is 0. The third-order valence-electron chi connectivity index (χ3n) is 2.75. The van der Waals surface area contributed by atoms with Crippen molar-refractivity contribution in [3.8, 4) is 0 Å². The van der Waals surface area contributed by atoms with E-state index < -0.39 is 5.82 Å². The molecule has 5 nitrogen and oxygen atoms in total. The monoisotopic (exact) mass is 276 g/mol. The van der Waals surface area contributed by atoms with Crippen LogP contribution in [0.25, 0.3) is 0 Å². The second-order valence-corrected chi connectivity index (χ2v) is 4.33. The minimum Gasteiger partial charge on any atom is -0.352 e. The van der Waals surface area contributed by atoms with Crippen LogP contribution in [0.1, 0.15) is 22.6 Å². The molecule has 106 valence electrons. The summed E-state index contributed by atoms with van der Waals surface area (Å²) in [5.74, 6) is 0.224. The van der Waals surface area contributed by atoms with E-state index in [1.54, 1.807) is 18.5 Å². The van der Waals surface area contributed by atoms with E-state index in [2.05, 4.69) is 20.6 Å². The van der Waals surface area contributed by atoms with Crippen molar-refractivity contribution in [3.63, 3.8) is 0 Å². The van der Waals surface area contributed by atoms with Crippen molar-refractivity contribution in [1.82, 2.24) is 20.6 Å². The summed E-state index contributed by atoms with van der Waals surface area (Å²) in [4.78, 5) is 18.8. The lowest BCUT2D eigenvalue weighted by Crippen LogP contribution is -2.27. The molecule has 0 saturated carbocycles. The first-order valence-electron chi connectivity index (χ1n) is 6.48. The Balaban J connectivity index is 1.60. The summed E-state index contributed by atoms with van der Waals surface area (Å²) < 4.78 is 13.0. The van der Waals surface area contributed by atoms with Gasteiger partial charge in [-0.25, -0.2) is 9.37 Å². The van der Waals surface area contributed by atoms with E-state index in [-0.39, 0.29) is 5.91 Å². The first-order chi connectivity index (χ1) is 9.75. The van der Waals surface area contributed by atoms with Crippen LogP contribution in [0.5, 0.6) is 0 Å². The van der Waals surface area contributed by atoms with Crippen molar-refractivity contribution < 1.29 is 9.18 Å². The molecule has 2 rings (SSSR count). The molecule has 0 radical (unpaired) electrons. The van der Waals surface area contributed by atoms with Crippen LogP contribution in [0.3, 0.4) is 0 Å². The Bertz CT molecular complexity index is 542. The number of hydrogen-bond donors (Lipinski definition) is 3. The molecule has 0 unspecified atom stereocenters. The molecule has 0 fully saturated rings. The summed E-state index contributed by atoms with van der Waals surface area (Å²) in [6.07, 6.45) is 4.27. The highest BCUT2D eigenvalue weighted by molar-refractivity contribution is 5.94. The van der Waals surface area contributed by atoms with Crippen molar-refractivity contribution in [2.75, 3.05) is 13.1 Å². The quantitative estimate of drug-likeness (QED) is 0.671. The van der Waals surface area contributed by atoms with Crippen LogP contribution >= 0.6 is 0 Å². The topological polar surface area (TPSA) is 69.8 Å². The standard InChI is InChI=1S/C14H17FN4O/c15-12-4-1-3-11(9-12)14(20)19-6-2-5-16-10-13-17-7-8-18-13/h1,3-4,7-9,16H,2,5-6,10H2,(H,17,18)(H,19,20). The highest BCUT2D eigenvalue weighted by atomic mass is 19.1. The van der Waals surface area contributed by atoms with E-state index in [4.69, 9.17) is 0 Å². The number of aromatic amines is 1. The summed E-state index contributed by atoms with van der Waals surface area (Å²) in [5, 5.41) is 5.96. The lowest BCUT2D eigenvalue weighted by atomic mass is 10.2. The predicted octanol–water partition coefficient (Wildman–Crippen LogP) is 1.46. The number of aromatic nitrogens is 2. The SMILES string of the molecule is O=C(NCCCNCc1ncc[nH]1)c1cccc(F)c1.